The average molecular weight is 415 g/mol. The number of hydrogen-bond acceptors (Lipinski definition) is 3. The van der Waals surface area contributed by atoms with Crippen molar-refractivity contribution in [1.82, 2.24) is 5.32 Å². The van der Waals surface area contributed by atoms with Gasteiger partial charge in [0.2, 0.25) is 0 Å². The quantitative estimate of drug-likeness (QED) is 0.534. The molecule has 0 atom stereocenters. The number of amides is 1. The van der Waals surface area contributed by atoms with Gasteiger partial charge in [-0.1, -0.05) is 60.1 Å². The van der Waals surface area contributed by atoms with Crippen molar-refractivity contribution in [1.29, 1.82) is 0 Å². The molecule has 0 fully saturated rings. The first-order valence-electron chi connectivity index (χ1n) is 10.4. The molecule has 3 nitrogen and oxygen atoms in total. The van der Waals surface area contributed by atoms with E-state index >= 15 is 0 Å². The van der Waals surface area contributed by atoms with Gasteiger partial charge in [-0.3, -0.25) is 9.79 Å². The van der Waals surface area contributed by atoms with E-state index in [-0.39, 0.29) is 5.91 Å². The summed E-state index contributed by atoms with van der Waals surface area (Å²) in [5, 5.41) is 3.04. The smallest absolute Gasteiger partial charge is 0.251 e. The Kier molecular flexibility index (Phi) is 6.05. The highest BCUT2D eigenvalue weighted by atomic mass is 32.2. The molecule has 1 heterocycles. The maximum Gasteiger partial charge on any atom is 0.251 e. The van der Waals surface area contributed by atoms with Gasteiger partial charge in [-0.2, -0.15) is 0 Å². The SMILES string of the molecule is CCC1=Nc2cc(C(=O)NCCc3ccc(C)cc3)ccc2Sc2ccc(C)cc21. The molecule has 1 aliphatic heterocycles. The number of hydrogen-bond donors (Lipinski definition) is 1. The van der Waals surface area contributed by atoms with Crippen LogP contribution in [-0.2, 0) is 6.42 Å². The van der Waals surface area contributed by atoms with Crippen LogP contribution in [0.15, 0.2) is 75.4 Å². The molecule has 0 radical (unpaired) electrons. The van der Waals surface area contributed by atoms with Crippen LogP contribution in [0.5, 0.6) is 0 Å². The van der Waals surface area contributed by atoms with Crippen molar-refractivity contribution in [2.45, 2.75) is 43.4 Å². The van der Waals surface area contributed by atoms with Gasteiger partial charge in [0.05, 0.1) is 5.69 Å². The molecule has 3 aromatic carbocycles. The molecule has 3 aromatic rings. The fourth-order valence-electron chi connectivity index (χ4n) is 3.56. The molecule has 4 rings (SSSR count). The summed E-state index contributed by atoms with van der Waals surface area (Å²) in [6, 6.07) is 20.8. The summed E-state index contributed by atoms with van der Waals surface area (Å²) in [6.07, 6.45) is 1.67. The van der Waals surface area contributed by atoms with Crippen molar-refractivity contribution in [3.63, 3.8) is 0 Å². The fourth-order valence-corrected chi connectivity index (χ4v) is 4.57. The number of fused-ring (bicyclic) bond motifs is 2. The summed E-state index contributed by atoms with van der Waals surface area (Å²) in [5.74, 6) is -0.0548. The lowest BCUT2D eigenvalue weighted by molar-refractivity contribution is 0.0954. The number of benzene rings is 3. The molecule has 1 N–H and O–H groups in total. The van der Waals surface area contributed by atoms with Gasteiger partial charge in [-0.25, -0.2) is 0 Å². The lowest BCUT2D eigenvalue weighted by Crippen LogP contribution is -2.25. The second-order valence-electron chi connectivity index (χ2n) is 7.69. The second-order valence-corrected chi connectivity index (χ2v) is 8.77. The summed E-state index contributed by atoms with van der Waals surface area (Å²) in [6.45, 7) is 6.92. The number of nitrogens with zero attached hydrogens (tertiary/aromatic N) is 1. The van der Waals surface area contributed by atoms with Gasteiger partial charge in [0.25, 0.3) is 5.91 Å². The highest BCUT2D eigenvalue weighted by Crippen LogP contribution is 2.41. The molecule has 0 saturated carbocycles. The maximum atomic E-state index is 12.7. The van der Waals surface area contributed by atoms with Gasteiger partial charge in [-0.05, 0) is 62.6 Å². The minimum atomic E-state index is -0.0548. The van der Waals surface area contributed by atoms with Crippen LogP contribution >= 0.6 is 11.8 Å². The number of aliphatic imine (C=N–C) groups is 1. The van der Waals surface area contributed by atoms with E-state index in [1.54, 1.807) is 11.8 Å². The Balaban J connectivity index is 1.52. The van der Waals surface area contributed by atoms with Crippen LogP contribution in [0.25, 0.3) is 0 Å². The van der Waals surface area contributed by atoms with Gasteiger partial charge < -0.3 is 5.32 Å². The van der Waals surface area contributed by atoms with E-state index in [9.17, 15) is 4.79 Å². The molecule has 0 spiro atoms. The zero-order valence-electron chi connectivity index (χ0n) is 17.7. The normalized spacial score (nSPS) is 12.4. The number of rotatable bonds is 5. The van der Waals surface area contributed by atoms with Gasteiger partial charge in [-0.15, -0.1) is 0 Å². The molecule has 0 aromatic heterocycles. The number of nitrogens with one attached hydrogen (secondary N) is 1. The Hall–Kier alpha value is -2.85. The van der Waals surface area contributed by atoms with Crippen LogP contribution in [0.3, 0.4) is 0 Å². The van der Waals surface area contributed by atoms with Gasteiger partial charge in [0.1, 0.15) is 0 Å². The summed E-state index contributed by atoms with van der Waals surface area (Å²) < 4.78 is 0. The standard InChI is InChI=1S/C26H26N2OS/c1-4-22-21-15-18(3)7-11-24(21)30-25-12-10-20(16-23(25)28-22)26(29)27-14-13-19-8-5-17(2)6-9-19/h5-12,15-16H,4,13-14H2,1-3H3,(H,27,29). The Morgan fingerprint density at radius 3 is 2.43 bits per heavy atom. The summed E-state index contributed by atoms with van der Waals surface area (Å²) in [7, 11) is 0. The van der Waals surface area contributed by atoms with Gasteiger partial charge >= 0.3 is 0 Å². The molecule has 0 bridgehead atoms. The Labute approximate surface area is 182 Å². The van der Waals surface area contributed by atoms with Crippen LogP contribution in [0.1, 0.15) is 46.0 Å². The monoisotopic (exact) mass is 414 g/mol. The molecule has 0 aliphatic carbocycles. The Bertz CT molecular complexity index is 1120. The first kappa shape index (κ1) is 20.4. The van der Waals surface area contributed by atoms with E-state index in [1.807, 2.05) is 18.2 Å². The summed E-state index contributed by atoms with van der Waals surface area (Å²) in [5.41, 5.74) is 7.49. The second kappa shape index (κ2) is 8.88. The van der Waals surface area contributed by atoms with Gasteiger partial charge in [0, 0.05) is 33.2 Å². The van der Waals surface area contributed by atoms with Crippen molar-refractivity contribution in [2.24, 2.45) is 4.99 Å². The number of carbonyl (C=O) groups is 1. The van der Waals surface area contributed by atoms with Crippen LogP contribution in [0.4, 0.5) is 5.69 Å². The highest BCUT2D eigenvalue weighted by molar-refractivity contribution is 7.99. The molecule has 1 aliphatic rings. The molecule has 30 heavy (non-hydrogen) atoms. The van der Waals surface area contributed by atoms with E-state index in [2.05, 4.69) is 68.6 Å². The van der Waals surface area contributed by atoms with Crippen LogP contribution in [-0.4, -0.2) is 18.2 Å². The topological polar surface area (TPSA) is 41.5 Å². The van der Waals surface area contributed by atoms with Crippen molar-refractivity contribution in [3.8, 4) is 0 Å². The molecule has 1 amide bonds. The zero-order valence-corrected chi connectivity index (χ0v) is 18.5. The van der Waals surface area contributed by atoms with E-state index < -0.39 is 0 Å². The third kappa shape index (κ3) is 4.49. The summed E-state index contributed by atoms with van der Waals surface area (Å²) >= 11 is 1.72. The van der Waals surface area contributed by atoms with E-state index in [0.29, 0.717) is 12.1 Å². The van der Waals surface area contributed by atoms with Crippen molar-refractivity contribution < 1.29 is 4.79 Å². The Morgan fingerprint density at radius 1 is 0.933 bits per heavy atom. The van der Waals surface area contributed by atoms with E-state index in [0.717, 1.165) is 29.1 Å². The molecule has 152 valence electrons. The molecule has 0 unspecified atom stereocenters. The van der Waals surface area contributed by atoms with Crippen molar-refractivity contribution >= 4 is 29.1 Å². The third-order valence-electron chi connectivity index (χ3n) is 5.30. The van der Waals surface area contributed by atoms with E-state index in [4.69, 9.17) is 4.99 Å². The lowest BCUT2D eigenvalue weighted by Gasteiger charge is -2.09. The van der Waals surface area contributed by atoms with Crippen LogP contribution in [0, 0.1) is 13.8 Å². The number of aryl methyl sites for hydroxylation is 2. The van der Waals surface area contributed by atoms with E-state index in [1.165, 1.54) is 27.1 Å². The maximum absolute atomic E-state index is 12.7. The first-order valence-corrected chi connectivity index (χ1v) is 11.2. The predicted molar refractivity (Wildman–Crippen MR) is 125 cm³/mol. The largest absolute Gasteiger partial charge is 0.352 e. The lowest BCUT2D eigenvalue weighted by atomic mass is 10.0. The molecular formula is C26H26N2OS. The highest BCUT2D eigenvalue weighted by Gasteiger charge is 2.18. The molecule has 0 saturated heterocycles. The van der Waals surface area contributed by atoms with Crippen molar-refractivity contribution in [2.75, 3.05) is 6.54 Å². The fraction of sp³-hybridized carbons (Fsp3) is 0.231. The van der Waals surface area contributed by atoms with Gasteiger partial charge in [0.15, 0.2) is 0 Å². The van der Waals surface area contributed by atoms with Crippen LogP contribution < -0.4 is 5.32 Å². The molecular weight excluding hydrogens is 388 g/mol. The minimum Gasteiger partial charge on any atom is -0.352 e. The predicted octanol–water partition coefficient (Wildman–Crippen LogP) is 6.27. The number of carbonyl (C=O) groups excluding carboxylic acids is 1. The minimum absolute atomic E-state index is 0.0548. The zero-order chi connectivity index (χ0) is 21.1. The van der Waals surface area contributed by atoms with Crippen LogP contribution in [0.2, 0.25) is 0 Å². The van der Waals surface area contributed by atoms with Crippen molar-refractivity contribution in [3.05, 3.63) is 88.5 Å². The summed E-state index contributed by atoms with van der Waals surface area (Å²) in [4.78, 5) is 19.9. The third-order valence-corrected chi connectivity index (χ3v) is 6.44. The molecule has 4 heteroatoms. The first-order chi connectivity index (χ1) is 14.5. The average Bonchev–Trinajstić information content (AvgIpc) is 2.90. The Morgan fingerprint density at radius 2 is 1.67 bits per heavy atom.